The molecule has 1 atom stereocenters. The molecule has 2 rings (SSSR count). The molecule has 88 valence electrons. The Kier molecular flexibility index (Phi) is 3.65. The summed E-state index contributed by atoms with van der Waals surface area (Å²) in [4.78, 5) is 2.57. The number of hydrogen-bond donors (Lipinski definition) is 0. The van der Waals surface area contributed by atoms with Crippen LogP contribution >= 0.6 is 0 Å². The Bertz CT molecular complexity index is 192. The van der Waals surface area contributed by atoms with E-state index in [4.69, 9.17) is 9.47 Å². The van der Waals surface area contributed by atoms with Crippen LogP contribution in [0.1, 0.15) is 39.5 Å². The molecule has 0 amide bonds. The zero-order chi connectivity index (χ0) is 10.7. The number of piperidine rings is 1. The van der Waals surface area contributed by atoms with E-state index in [1.807, 2.05) is 0 Å². The van der Waals surface area contributed by atoms with Gasteiger partial charge in [-0.05, 0) is 13.3 Å². The third-order valence-corrected chi connectivity index (χ3v) is 3.70. The summed E-state index contributed by atoms with van der Waals surface area (Å²) in [6, 6.07) is 0.716. The normalized spacial score (nSPS) is 28.4. The first kappa shape index (κ1) is 11.4. The molecule has 0 aromatic rings. The molecule has 0 aromatic heterocycles. The Morgan fingerprint density at radius 2 is 1.80 bits per heavy atom. The SMILES string of the molecule is CCCC(C)N1CCC2(CC1)OCCO2. The average molecular weight is 213 g/mol. The summed E-state index contributed by atoms with van der Waals surface area (Å²) in [5, 5.41) is 0. The van der Waals surface area contributed by atoms with E-state index in [-0.39, 0.29) is 5.79 Å². The van der Waals surface area contributed by atoms with E-state index in [1.165, 1.54) is 12.8 Å². The van der Waals surface area contributed by atoms with E-state index in [9.17, 15) is 0 Å². The molecule has 15 heavy (non-hydrogen) atoms. The van der Waals surface area contributed by atoms with Gasteiger partial charge >= 0.3 is 0 Å². The van der Waals surface area contributed by atoms with Crippen LogP contribution in [0.15, 0.2) is 0 Å². The van der Waals surface area contributed by atoms with Crippen molar-refractivity contribution in [2.45, 2.75) is 51.4 Å². The van der Waals surface area contributed by atoms with Crippen molar-refractivity contribution >= 4 is 0 Å². The maximum absolute atomic E-state index is 5.72. The largest absolute Gasteiger partial charge is 0.347 e. The summed E-state index contributed by atoms with van der Waals surface area (Å²) in [6.07, 6.45) is 4.66. The fourth-order valence-electron chi connectivity index (χ4n) is 2.69. The molecular weight excluding hydrogens is 190 g/mol. The highest BCUT2D eigenvalue weighted by Gasteiger charge is 2.40. The Labute approximate surface area is 92.7 Å². The van der Waals surface area contributed by atoms with Crippen LogP contribution in [0.5, 0.6) is 0 Å². The van der Waals surface area contributed by atoms with Gasteiger partial charge in [0.1, 0.15) is 0 Å². The van der Waals surface area contributed by atoms with E-state index >= 15 is 0 Å². The molecule has 0 bridgehead atoms. The Morgan fingerprint density at radius 3 is 2.33 bits per heavy atom. The van der Waals surface area contributed by atoms with E-state index in [0.29, 0.717) is 6.04 Å². The maximum Gasteiger partial charge on any atom is 0.170 e. The quantitative estimate of drug-likeness (QED) is 0.716. The van der Waals surface area contributed by atoms with E-state index in [1.54, 1.807) is 0 Å². The summed E-state index contributed by atoms with van der Waals surface area (Å²) in [5.41, 5.74) is 0. The Balaban J connectivity index is 1.81. The number of hydrogen-bond acceptors (Lipinski definition) is 3. The van der Waals surface area contributed by atoms with E-state index < -0.39 is 0 Å². The summed E-state index contributed by atoms with van der Waals surface area (Å²) in [5.74, 6) is -0.206. The minimum atomic E-state index is -0.206. The first-order valence-electron chi connectivity index (χ1n) is 6.28. The molecule has 2 aliphatic rings. The lowest BCUT2D eigenvalue weighted by atomic mass is 10.0. The van der Waals surface area contributed by atoms with Gasteiger partial charge in [-0.3, -0.25) is 0 Å². The lowest BCUT2D eigenvalue weighted by Gasteiger charge is -2.40. The fraction of sp³-hybridized carbons (Fsp3) is 1.00. The molecule has 0 N–H and O–H groups in total. The second-order valence-corrected chi connectivity index (χ2v) is 4.78. The summed E-state index contributed by atoms with van der Waals surface area (Å²) < 4.78 is 11.4. The highest BCUT2D eigenvalue weighted by molar-refractivity contribution is 4.84. The third kappa shape index (κ3) is 2.52. The predicted molar refractivity (Wildman–Crippen MR) is 59.8 cm³/mol. The second kappa shape index (κ2) is 4.81. The lowest BCUT2D eigenvalue weighted by Crippen LogP contribution is -2.48. The molecule has 2 fully saturated rings. The monoisotopic (exact) mass is 213 g/mol. The van der Waals surface area contributed by atoms with Crippen molar-refractivity contribution in [2.24, 2.45) is 0 Å². The van der Waals surface area contributed by atoms with Gasteiger partial charge in [-0.1, -0.05) is 13.3 Å². The van der Waals surface area contributed by atoms with Crippen LogP contribution in [0.2, 0.25) is 0 Å². The van der Waals surface area contributed by atoms with Crippen LogP contribution in [-0.2, 0) is 9.47 Å². The van der Waals surface area contributed by atoms with Crippen molar-refractivity contribution in [1.82, 2.24) is 4.90 Å². The second-order valence-electron chi connectivity index (χ2n) is 4.78. The highest BCUT2D eigenvalue weighted by Crippen LogP contribution is 2.32. The van der Waals surface area contributed by atoms with Crippen LogP contribution < -0.4 is 0 Å². The molecule has 3 heteroatoms. The number of likely N-dealkylation sites (tertiary alicyclic amines) is 1. The molecule has 0 aromatic carbocycles. The van der Waals surface area contributed by atoms with Gasteiger partial charge in [0.05, 0.1) is 13.2 Å². The molecule has 3 nitrogen and oxygen atoms in total. The number of ether oxygens (including phenoxy) is 2. The van der Waals surface area contributed by atoms with Gasteiger partial charge < -0.3 is 14.4 Å². The van der Waals surface area contributed by atoms with Gasteiger partial charge in [-0.15, -0.1) is 0 Å². The van der Waals surface area contributed by atoms with Gasteiger partial charge in [-0.25, -0.2) is 0 Å². The third-order valence-electron chi connectivity index (χ3n) is 3.70. The summed E-state index contributed by atoms with van der Waals surface area (Å²) >= 11 is 0. The van der Waals surface area contributed by atoms with Crippen LogP contribution in [0.3, 0.4) is 0 Å². The molecule has 0 radical (unpaired) electrons. The minimum absolute atomic E-state index is 0.206. The van der Waals surface area contributed by atoms with Crippen molar-refractivity contribution in [3.8, 4) is 0 Å². The zero-order valence-electron chi connectivity index (χ0n) is 10.00. The van der Waals surface area contributed by atoms with Gasteiger partial charge in [0.2, 0.25) is 0 Å². The van der Waals surface area contributed by atoms with Crippen LogP contribution in [0.4, 0.5) is 0 Å². The van der Waals surface area contributed by atoms with Crippen LogP contribution in [-0.4, -0.2) is 43.0 Å². The topological polar surface area (TPSA) is 21.7 Å². The van der Waals surface area contributed by atoms with Crippen molar-refractivity contribution < 1.29 is 9.47 Å². The van der Waals surface area contributed by atoms with Crippen LogP contribution in [0, 0.1) is 0 Å². The summed E-state index contributed by atoms with van der Waals surface area (Å²) in [6.45, 7) is 8.40. The fourth-order valence-corrected chi connectivity index (χ4v) is 2.69. The van der Waals surface area contributed by atoms with Crippen molar-refractivity contribution in [3.63, 3.8) is 0 Å². The smallest absolute Gasteiger partial charge is 0.170 e. The van der Waals surface area contributed by atoms with Crippen molar-refractivity contribution in [2.75, 3.05) is 26.3 Å². The van der Waals surface area contributed by atoms with Gasteiger partial charge in [0.15, 0.2) is 5.79 Å². The molecule has 0 aliphatic carbocycles. The average Bonchev–Trinajstić information content (AvgIpc) is 2.68. The van der Waals surface area contributed by atoms with Crippen molar-refractivity contribution in [3.05, 3.63) is 0 Å². The Hall–Kier alpha value is -0.120. The molecule has 2 aliphatic heterocycles. The van der Waals surface area contributed by atoms with E-state index in [0.717, 1.165) is 39.1 Å². The Morgan fingerprint density at radius 1 is 1.20 bits per heavy atom. The van der Waals surface area contributed by atoms with Crippen molar-refractivity contribution in [1.29, 1.82) is 0 Å². The van der Waals surface area contributed by atoms with Gasteiger partial charge in [0, 0.05) is 32.0 Å². The van der Waals surface area contributed by atoms with Crippen LogP contribution in [0.25, 0.3) is 0 Å². The molecular formula is C12H23NO2. The highest BCUT2D eigenvalue weighted by atomic mass is 16.7. The summed E-state index contributed by atoms with van der Waals surface area (Å²) in [7, 11) is 0. The molecule has 0 saturated carbocycles. The number of nitrogens with zero attached hydrogens (tertiary/aromatic N) is 1. The molecule has 2 saturated heterocycles. The predicted octanol–water partition coefficient (Wildman–Crippen LogP) is 2.01. The molecule has 1 unspecified atom stereocenters. The maximum atomic E-state index is 5.72. The van der Waals surface area contributed by atoms with Gasteiger partial charge in [0.25, 0.3) is 0 Å². The molecule has 2 heterocycles. The molecule has 1 spiro atoms. The van der Waals surface area contributed by atoms with E-state index in [2.05, 4.69) is 18.7 Å². The van der Waals surface area contributed by atoms with Gasteiger partial charge in [-0.2, -0.15) is 0 Å². The minimum Gasteiger partial charge on any atom is -0.347 e. The standard InChI is InChI=1S/C12H23NO2/c1-3-4-11(2)13-7-5-12(6-8-13)14-9-10-15-12/h11H,3-10H2,1-2H3. The first-order valence-corrected chi connectivity index (χ1v) is 6.28. The zero-order valence-corrected chi connectivity index (χ0v) is 10.00. The lowest BCUT2D eigenvalue weighted by molar-refractivity contribution is -0.187. The first-order chi connectivity index (χ1) is 7.26. The number of rotatable bonds is 3.